The maximum absolute atomic E-state index is 12.9. The first-order chi connectivity index (χ1) is 40.5. The van der Waals surface area contributed by atoms with E-state index in [0.29, 0.717) is 19.3 Å². The zero-order valence-electron chi connectivity index (χ0n) is 52.9. The summed E-state index contributed by atoms with van der Waals surface area (Å²) in [5, 5.41) is 0. The molecule has 0 radical (unpaired) electrons. The maximum Gasteiger partial charge on any atom is 0.306 e. The molecule has 0 spiro atoms. The molecular formula is C76H122O6. The second kappa shape index (κ2) is 68.5. The number of ether oxygens (including phenoxy) is 3. The van der Waals surface area contributed by atoms with E-state index in [1.807, 2.05) is 0 Å². The van der Waals surface area contributed by atoms with Gasteiger partial charge in [-0.3, -0.25) is 14.4 Å². The Balaban J connectivity index is 4.42. The highest BCUT2D eigenvalue weighted by Crippen LogP contribution is 2.15. The number of carbonyl (C=O) groups is 3. The van der Waals surface area contributed by atoms with Gasteiger partial charge in [-0.05, 0) is 148 Å². The van der Waals surface area contributed by atoms with E-state index in [-0.39, 0.29) is 37.5 Å². The van der Waals surface area contributed by atoms with Gasteiger partial charge in [0, 0.05) is 19.3 Å². The summed E-state index contributed by atoms with van der Waals surface area (Å²) in [4.78, 5) is 38.4. The van der Waals surface area contributed by atoms with Crippen LogP contribution >= 0.6 is 0 Å². The molecule has 0 aliphatic carbocycles. The Kier molecular flexibility index (Phi) is 64.4. The zero-order chi connectivity index (χ0) is 59.2. The SMILES string of the molecule is CC/C=C\C/C=C\C/C=C\C/C=C\C/C=C\C/C=C\CCCCCCCCCCCCC(=O)OCC(COC(=O)CCCCCCC/C=C\C/C=C\CCCCCC)OC(=O)CCCCC/C=C\C/C=C\C/C=C\C/C=C\C/C=C\CC. The molecule has 6 heteroatoms. The van der Waals surface area contributed by atoms with Crippen molar-refractivity contribution in [2.75, 3.05) is 13.2 Å². The molecule has 1 atom stereocenters. The second-order valence-electron chi connectivity index (χ2n) is 21.6. The standard InChI is InChI=1S/C76H122O6/c1-4-7-10-13-16-19-22-25-28-31-33-34-35-36-37-38-39-40-41-42-44-45-48-51-54-57-60-63-66-69-75(78)81-72-73(71-80-74(77)68-65-62-59-56-53-50-47-30-27-24-21-18-15-12-9-6-3)82-76(79)70-67-64-61-58-55-52-49-46-43-32-29-26-23-20-17-14-11-8-5-2/h7-8,10-11,16-17,19-21,24-26,28-30,33-34,36-37,39-40,43,46-47,52,55,73H,4-6,9,12-15,18,22-23,27,31-32,35,38,41-42,44-45,48-51,53-54,56-72H2,1-3H3/b10-7-,11-8-,19-16-,20-17-,24-21-,28-25-,29-26-,34-33-,37-36-,40-39-,46-43-,47-30-,55-52-. The second-order valence-corrected chi connectivity index (χ2v) is 21.6. The van der Waals surface area contributed by atoms with Crippen LogP contribution < -0.4 is 0 Å². The average Bonchev–Trinajstić information content (AvgIpc) is 3.47. The molecule has 0 heterocycles. The van der Waals surface area contributed by atoms with Crippen molar-refractivity contribution in [2.24, 2.45) is 0 Å². The van der Waals surface area contributed by atoms with Gasteiger partial charge in [0.1, 0.15) is 13.2 Å². The Bertz CT molecular complexity index is 1830. The summed E-state index contributed by atoms with van der Waals surface area (Å²) in [6.45, 7) is 6.36. The molecule has 0 aromatic carbocycles. The van der Waals surface area contributed by atoms with Gasteiger partial charge in [0.15, 0.2) is 6.10 Å². The highest BCUT2D eigenvalue weighted by atomic mass is 16.6. The highest BCUT2D eigenvalue weighted by Gasteiger charge is 2.19. The van der Waals surface area contributed by atoms with Crippen molar-refractivity contribution < 1.29 is 28.6 Å². The van der Waals surface area contributed by atoms with Crippen molar-refractivity contribution in [1.29, 1.82) is 0 Å². The smallest absolute Gasteiger partial charge is 0.306 e. The van der Waals surface area contributed by atoms with Crippen molar-refractivity contribution in [3.63, 3.8) is 0 Å². The molecule has 1 unspecified atom stereocenters. The fourth-order valence-corrected chi connectivity index (χ4v) is 8.80. The quantitative estimate of drug-likeness (QED) is 0.0261. The summed E-state index contributed by atoms with van der Waals surface area (Å²) < 4.78 is 16.9. The molecule has 82 heavy (non-hydrogen) atoms. The van der Waals surface area contributed by atoms with Gasteiger partial charge in [-0.15, -0.1) is 0 Å². The third-order valence-corrected chi connectivity index (χ3v) is 13.7. The van der Waals surface area contributed by atoms with Crippen LogP contribution in [0.5, 0.6) is 0 Å². The molecular weight excluding hydrogens is 1010 g/mol. The number of allylic oxidation sites excluding steroid dienone is 26. The lowest BCUT2D eigenvalue weighted by molar-refractivity contribution is -0.167. The average molecular weight is 1130 g/mol. The van der Waals surface area contributed by atoms with Crippen LogP contribution in [0.25, 0.3) is 0 Å². The van der Waals surface area contributed by atoms with Crippen LogP contribution in [0.4, 0.5) is 0 Å². The number of rotatable bonds is 59. The van der Waals surface area contributed by atoms with E-state index in [4.69, 9.17) is 14.2 Å². The van der Waals surface area contributed by atoms with Crippen LogP contribution in [0, 0.1) is 0 Å². The van der Waals surface area contributed by atoms with Crippen molar-refractivity contribution in [1.82, 2.24) is 0 Å². The molecule has 0 aromatic heterocycles. The van der Waals surface area contributed by atoms with E-state index in [1.165, 1.54) is 77.0 Å². The summed E-state index contributed by atoms with van der Waals surface area (Å²) in [6.07, 6.45) is 99.6. The Morgan fingerprint density at radius 1 is 0.256 bits per heavy atom. The minimum Gasteiger partial charge on any atom is -0.462 e. The van der Waals surface area contributed by atoms with Gasteiger partial charge in [-0.25, -0.2) is 0 Å². The molecule has 0 N–H and O–H groups in total. The molecule has 0 rings (SSSR count). The van der Waals surface area contributed by atoms with E-state index in [0.717, 1.165) is 161 Å². The topological polar surface area (TPSA) is 78.9 Å². The van der Waals surface area contributed by atoms with Gasteiger partial charge in [0.05, 0.1) is 0 Å². The fraction of sp³-hybridized carbons (Fsp3) is 0.618. The van der Waals surface area contributed by atoms with Crippen LogP contribution in [0.1, 0.15) is 284 Å². The maximum atomic E-state index is 12.9. The van der Waals surface area contributed by atoms with Crippen molar-refractivity contribution in [2.45, 2.75) is 290 Å². The summed E-state index contributed by atoms with van der Waals surface area (Å²) in [5.41, 5.74) is 0. The highest BCUT2D eigenvalue weighted by molar-refractivity contribution is 5.71. The monoisotopic (exact) mass is 1130 g/mol. The zero-order valence-corrected chi connectivity index (χ0v) is 52.9. The van der Waals surface area contributed by atoms with Crippen molar-refractivity contribution >= 4 is 17.9 Å². The Hall–Kier alpha value is -4.97. The normalized spacial score (nSPS) is 13.2. The van der Waals surface area contributed by atoms with Gasteiger partial charge in [0.2, 0.25) is 0 Å². The molecule has 0 aliphatic rings. The van der Waals surface area contributed by atoms with E-state index in [9.17, 15) is 14.4 Å². The first-order valence-corrected chi connectivity index (χ1v) is 33.5. The molecule has 0 aromatic rings. The predicted octanol–water partition coefficient (Wildman–Crippen LogP) is 23.3. The van der Waals surface area contributed by atoms with Crippen LogP contribution in [-0.4, -0.2) is 37.2 Å². The number of hydrogen-bond donors (Lipinski definition) is 0. The lowest BCUT2D eigenvalue weighted by Gasteiger charge is -2.18. The van der Waals surface area contributed by atoms with E-state index < -0.39 is 6.10 Å². The van der Waals surface area contributed by atoms with Crippen LogP contribution in [0.3, 0.4) is 0 Å². The van der Waals surface area contributed by atoms with Gasteiger partial charge >= 0.3 is 17.9 Å². The Labute approximate surface area is 505 Å². The number of esters is 3. The van der Waals surface area contributed by atoms with E-state index in [2.05, 4.69) is 179 Å². The van der Waals surface area contributed by atoms with Crippen molar-refractivity contribution in [3.05, 3.63) is 158 Å². The van der Waals surface area contributed by atoms with Crippen LogP contribution in [-0.2, 0) is 28.6 Å². The number of unbranched alkanes of at least 4 members (excludes halogenated alkanes) is 22. The van der Waals surface area contributed by atoms with Crippen molar-refractivity contribution in [3.8, 4) is 0 Å². The number of hydrogen-bond acceptors (Lipinski definition) is 6. The number of carbonyl (C=O) groups excluding carboxylic acids is 3. The van der Waals surface area contributed by atoms with Gasteiger partial charge < -0.3 is 14.2 Å². The third kappa shape index (κ3) is 65.8. The molecule has 0 aliphatic heterocycles. The lowest BCUT2D eigenvalue weighted by atomic mass is 10.1. The third-order valence-electron chi connectivity index (χ3n) is 13.7. The van der Waals surface area contributed by atoms with E-state index >= 15 is 0 Å². The lowest BCUT2D eigenvalue weighted by Crippen LogP contribution is -2.30. The molecule has 0 saturated heterocycles. The summed E-state index contributed by atoms with van der Waals surface area (Å²) in [5.74, 6) is -0.954. The van der Waals surface area contributed by atoms with Gasteiger partial charge in [-0.2, -0.15) is 0 Å². The molecule has 0 saturated carbocycles. The molecule has 6 nitrogen and oxygen atoms in total. The Morgan fingerprint density at radius 3 is 0.756 bits per heavy atom. The predicted molar refractivity (Wildman–Crippen MR) is 357 cm³/mol. The minimum absolute atomic E-state index is 0.104. The van der Waals surface area contributed by atoms with Crippen LogP contribution in [0.2, 0.25) is 0 Å². The molecule has 0 fully saturated rings. The minimum atomic E-state index is -0.812. The summed E-state index contributed by atoms with van der Waals surface area (Å²) in [7, 11) is 0. The van der Waals surface area contributed by atoms with Crippen LogP contribution in [0.15, 0.2) is 158 Å². The molecule has 462 valence electrons. The first kappa shape index (κ1) is 77.0. The molecule has 0 amide bonds. The molecule has 0 bridgehead atoms. The first-order valence-electron chi connectivity index (χ1n) is 33.5. The Morgan fingerprint density at radius 2 is 0.476 bits per heavy atom. The summed E-state index contributed by atoms with van der Waals surface area (Å²) >= 11 is 0. The fourth-order valence-electron chi connectivity index (χ4n) is 8.80. The van der Waals surface area contributed by atoms with Gasteiger partial charge in [-0.1, -0.05) is 275 Å². The summed E-state index contributed by atoms with van der Waals surface area (Å²) in [6, 6.07) is 0. The van der Waals surface area contributed by atoms with E-state index in [1.54, 1.807) is 0 Å². The van der Waals surface area contributed by atoms with Gasteiger partial charge in [0.25, 0.3) is 0 Å². The largest absolute Gasteiger partial charge is 0.462 e.